The van der Waals surface area contributed by atoms with Crippen LogP contribution < -0.4 is 10.1 Å². The highest BCUT2D eigenvalue weighted by atomic mass is 79.9. The standard InChI is InChI=1S/C14H23BrN2O/c1-14(2,17(3)4)10-16-9-11-8-12(18-5)6-7-13(11)15/h6-8,16H,9-10H2,1-5H3. The van der Waals surface area contributed by atoms with E-state index in [2.05, 4.69) is 60.2 Å². The van der Waals surface area contributed by atoms with Crippen LogP contribution in [-0.2, 0) is 6.54 Å². The van der Waals surface area contributed by atoms with Crippen molar-refractivity contribution in [2.75, 3.05) is 27.7 Å². The number of halogens is 1. The summed E-state index contributed by atoms with van der Waals surface area (Å²) in [4.78, 5) is 2.22. The molecule has 4 heteroatoms. The number of nitrogens with one attached hydrogen (secondary N) is 1. The van der Waals surface area contributed by atoms with Gasteiger partial charge in [0.2, 0.25) is 0 Å². The van der Waals surface area contributed by atoms with E-state index in [4.69, 9.17) is 4.74 Å². The maximum atomic E-state index is 5.24. The molecule has 18 heavy (non-hydrogen) atoms. The smallest absolute Gasteiger partial charge is 0.119 e. The Morgan fingerprint density at radius 3 is 2.56 bits per heavy atom. The monoisotopic (exact) mass is 314 g/mol. The third-order valence-electron chi connectivity index (χ3n) is 3.34. The third-order valence-corrected chi connectivity index (χ3v) is 4.11. The van der Waals surface area contributed by atoms with E-state index in [1.165, 1.54) is 5.56 Å². The summed E-state index contributed by atoms with van der Waals surface area (Å²) in [7, 11) is 5.89. The van der Waals surface area contributed by atoms with Crippen molar-refractivity contribution in [2.24, 2.45) is 0 Å². The van der Waals surface area contributed by atoms with Gasteiger partial charge >= 0.3 is 0 Å². The Labute approximate surface area is 119 Å². The van der Waals surface area contributed by atoms with E-state index in [0.29, 0.717) is 0 Å². The molecule has 0 aliphatic rings. The molecule has 0 atom stereocenters. The first-order valence-electron chi connectivity index (χ1n) is 6.07. The van der Waals surface area contributed by atoms with Gasteiger partial charge in [-0.25, -0.2) is 0 Å². The number of ether oxygens (including phenoxy) is 1. The van der Waals surface area contributed by atoms with Crippen molar-refractivity contribution >= 4 is 15.9 Å². The number of methoxy groups -OCH3 is 1. The van der Waals surface area contributed by atoms with Crippen molar-refractivity contribution < 1.29 is 4.74 Å². The molecule has 3 nitrogen and oxygen atoms in total. The molecule has 1 rings (SSSR count). The van der Waals surface area contributed by atoms with Crippen LogP contribution in [0.2, 0.25) is 0 Å². The second-order valence-corrected chi connectivity index (χ2v) is 6.12. The van der Waals surface area contributed by atoms with Crippen molar-refractivity contribution in [1.82, 2.24) is 10.2 Å². The van der Waals surface area contributed by atoms with Crippen LogP contribution in [-0.4, -0.2) is 38.2 Å². The molecule has 1 aromatic carbocycles. The van der Waals surface area contributed by atoms with Gasteiger partial charge in [-0.3, -0.25) is 0 Å². The van der Waals surface area contributed by atoms with E-state index in [0.717, 1.165) is 23.3 Å². The van der Waals surface area contributed by atoms with Gasteiger partial charge in [0.15, 0.2) is 0 Å². The number of hydrogen-bond acceptors (Lipinski definition) is 3. The molecule has 0 aliphatic heterocycles. The second kappa shape index (κ2) is 6.55. The molecule has 0 bridgehead atoms. The maximum Gasteiger partial charge on any atom is 0.119 e. The van der Waals surface area contributed by atoms with E-state index in [1.54, 1.807) is 7.11 Å². The van der Waals surface area contributed by atoms with E-state index in [-0.39, 0.29) is 5.54 Å². The molecular weight excluding hydrogens is 292 g/mol. The van der Waals surface area contributed by atoms with Gasteiger partial charge in [0.05, 0.1) is 7.11 Å². The van der Waals surface area contributed by atoms with Gasteiger partial charge in [0, 0.05) is 23.1 Å². The minimum absolute atomic E-state index is 0.144. The highest BCUT2D eigenvalue weighted by Crippen LogP contribution is 2.22. The predicted molar refractivity (Wildman–Crippen MR) is 80.2 cm³/mol. The Balaban J connectivity index is 2.58. The summed E-state index contributed by atoms with van der Waals surface area (Å²) >= 11 is 3.56. The Morgan fingerprint density at radius 1 is 1.33 bits per heavy atom. The van der Waals surface area contributed by atoms with E-state index < -0.39 is 0 Å². The van der Waals surface area contributed by atoms with Crippen LogP contribution in [0.25, 0.3) is 0 Å². The number of nitrogens with zero attached hydrogens (tertiary/aromatic N) is 1. The quantitative estimate of drug-likeness (QED) is 0.873. The molecule has 0 aliphatic carbocycles. The third kappa shape index (κ3) is 4.26. The number of benzene rings is 1. The summed E-state index contributed by atoms with van der Waals surface area (Å²) in [6.45, 7) is 6.21. The Hall–Kier alpha value is -0.580. The van der Waals surface area contributed by atoms with Gasteiger partial charge in [-0.1, -0.05) is 15.9 Å². The summed E-state index contributed by atoms with van der Waals surface area (Å²) < 4.78 is 6.35. The van der Waals surface area contributed by atoms with Crippen molar-refractivity contribution in [1.29, 1.82) is 0 Å². The molecule has 0 spiro atoms. The lowest BCUT2D eigenvalue weighted by Gasteiger charge is -2.32. The van der Waals surface area contributed by atoms with E-state index in [9.17, 15) is 0 Å². The molecule has 0 radical (unpaired) electrons. The predicted octanol–water partition coefficient (Wildman–Crippen LogP) is 2.89. The van der Waals surface area contributed by atoms with Gasteiger partial charge in [0.25, 0.3) is 0 Å². The molecule has 0 fully saturated rings. The minimum atomic E-state index is 0.144. The van der Waals surface area contributed by atoms with Crippen LogP contribution >= 0.6 is 15.9 Å². The lowest BCUT2D eigenvalue weighted by atomic mass is 10.0. The van der Waals surface area contributed by atoms with E-state index in [1.807, 2.05) is 12.1 Å². The van der Waals surface area contributed by atoms with Gasteiger partial charge in [-0.2, -0.15) is 0 Å². The average molecular weight is 315 g/mol. The number of rotatable bonds is 6. The molecule has 1 aromatic rings. The van der Waals surface area contributed by atoms with Gasteiger partial charge in [0.1, 0.15) is 5.75 Å². The number of likely N-dealkylation sites (N-methyl/N-ethyl adjacent to an activating group) is 1. The first kappa shape index (κ1) is 15.5. The van der Waals surface area contributed by atoms with Crippen LogP contribution in [0.3, 0.4) is 0 Å². The molecule has 0 unspecified atom stereocenters. The Morgan fingerprint density at radius 2 is 2.00 bits per heavy atom. The van der Waals surface area contributed by atoms with E-state index >= 15 is 0 Å². The van der Waals surface area contributed by atoms with Gasteiger partial charge in [-0.15, -0.1) is 0 Å². The summed E-state index contributed by atoms with van der Waals surface area (Å²) in [5, 5.41) is 3.49. The maximum absolute atomic E-state index is 5.24. The fourth-order valence-electron chi connectivity index (χ4n) is 1.47. The zero-order chi connectivity index (χ0) is 13.8. The van der Waals surface area contributed by atoms with Gasteiger partial charge < -0.3 is 15.0 Å². The molecule has 0 amide bonds. The lowest BCUT2D eigenvalue weighted by Crippen LogP contribution is -2.46. The lowest BCUT2D eigenvalue weighted by molar-refractivity contribution is 0.189. The Bertz CT molecular complexity index is 391. The molecule has 0 heterocycles. The highest BCUT2D eigenvalue weighted by Gasteiger charge is 2.19. The summed E-state index contributed by atoms with van der Waals surface area (Å²) in [5.41, 5.74) is 1.36. The molecule has 102 valence electrons. The fraction of sp³-hybridized carbons (Fsp3) is 0.571. The number of hydrogen-bond donors (Lipinski definition) is 1. The molecular formula is C14H23BrN2O. The Kier molecular flexibility index (Phi) is 5.63. The molecule has 1 N–H and O–H groups in total. The second-order valence-electron chi connectivity index (χ2n) is 5.27. The molecule has 0 aromatic heterocycles. The topological polar surface area (TPSA) is 24.5 Å². The summed E-state index contributed by atoms with van der Waals surface area (Å²) in [5.74, 6) is 0.891. The zero-order valence-electron chi connectivity index (χ0n) is 11.9. The zero-order valence-corrected chi connectivity index (χ0v) is 13.5. The van der Waals surface area contributed by atoms with Crippen LogP contribution in [0.5, 0.6) is 5.75 Å². The highest BCUT2D eigenvalue weighted by molar-refractivity contribution is 9.10. The van der Waals surface area contributed by atoms with Crippen LogP contribution in [0.15, 0.2) is 22.7 Å². The van der Waals surface area contributed by atoms with Gasteiger partial charge in [-0.05, 0) is 51.7 Å². The minimum Gasteiger partial charge on any atom is -0.497 e. The van der Waals surface area contributed by atoms with Crippen molar-refractivity contribution in [3.8, 4) is 5.75 Å². The summed E-state index contributed by atoms with van der Waals surface area (Å²) in [6.07, 6.45) is 0. The van der Waals surface area contributed by atoms with Crippen molar-refractivity contribution in [2.45, 2.75) is 25.9 Å². The largest absolute Gasteiger partial charge is 0.497 e. The van der Waals surface area contributed by atoms with Crippen molar-refractivity contribution in [3.63, 3.8) is 0 Å². The van der Waals surface area contributed by atoms with Crippen LogP contribution in [0.1, 0.15) is 19.4 Å². The van der Waals surface area contributed by atoms with Crippen LogP contribution in [0, 0.1) is 0 Å². The summed E-state index contributed by atoms with van der Waals surface area (Å²) in [6, 6.07) is 6.03. The average Bonchev–Trinajstić information content (AvgIpc) is 2.31. The SMILES string of the molecule is COc1ccc(Br)c(CNCC(C)(C)N(C)C)c1. The first-order chi connectivity index (χ1) is 8.36. The van der Waals surface area contributed by atoms with Crippen LogP contribution in [0.4, 0.5) is 0 Å². The normalized spacial score (nSPS) is 11.9. The van der Waals surface area contributed by atoms with Crippen molar-refractivity contribution in [3.05, 3.63) is 28.2 Å². The first-order valence-corrected chi connectivity index (χ1v) is 6.86. The molecule has 0 saturated carbocycles. The molecule has 0 saturated heterocycles. The fourth-order valence-corrected chi connectivity index (χ4v) is 1.86.